The summed E-state index contributed by atoms with van der Waals surface area (Å²) in [6, 6.07) is 5.27. The number of esters is 1. The molecule has 1 saturated heterocycles. The predicted octanol–water partition coefficient (Wildman–Crippen LogP) is 1.47. The number of piperidine rings is 1. The Morgan fingerprint density at radius 3 is 2.65 bits per heavy atom. The Morgan fingerprint density at radius 2 is 2.00 bits per heavy atom. The highest BCUT2D eigenvalue weighted by Crippen LogP contribution is 2.44. The molecule has 0 bridgehead atoms. The number of benzene rings is 1. The number of carbonyl (C=O) groups excluding carboxylic acids is 2. The predicted molar refractivity (Wildman–Crippen MR) is 77.4 cm³/mol. The number of ether oxygens (including phenoxy) is 1. The van der Waals surface area contributed by atoms with Crippen LogP contribution in [0.3, 0.4) is 0 Å². The Hall–Kier alpha value is -1.59. The largest absolute Gasteiger partial charge is 0.465 e. The second kappa shape index (κ2) is 5.42. The van der Waals surface area contributed by atoms with E-state index in [0.29, 0.717) is 5.56 Å². The topological polar surface area (TPSA) is 67.4 Å². The van der Waals surface area contributed by atoms with Crippen molar-refractivity contribution >= 4 is 30.0 Å². The molecule has 0 radical (unpaired) electrons. The third-order valence-corrected chi connectivity index (χ3v) is 4.10. The maximum Gasteiger partial charge on any atom is 0.337 e. The van der Waals surface area contributed by atoms with Crippen LogP contribution in [0.1, 0.15) is 28.8 Å². The molecular formula is C14H17ClN2O3. The van der Waals surface area contributed by atoms with Gasteiger partial charge in [-0.05, 0) is 49.7 Å². The van der Waals surface area contributed by atoms with Gasteiger partial charge in [0.15, 0.2) is 0 Å². The van der Waals surface area contributed by atoms with E-state index in [1.807, 2.05) is 0 Å². The molecule has 2 heterocycles. The highest BCUT2D eigenvalue weighted by atomic mass is 35.5. The molecule has 2 aliphatic heterocycles. The third-order valence-electron chi connectivity index (χ3n) is 4.10. The summed E-state index contributed by atoms with van der Waals surface area (Å²) in [5, 5.41) is 6.19. The molecule has 0 atom stereocenters. The quantitative estimate of drug-likeness (QED) is 0.770. The first-order valence-corrected chi connectivity index (χ1v) is 6.42. The molecule has 0 aliphatic carbocycles. The van der Waals surface area contributed by atoms with Gasteiger partial charge in [0.25, 0.3) is 0 Å². The van der Waals surface area contributed by atoms with Crippen LogP contribution in [0.15, 0.2) is 18.2 Å². The Morgan fingerprint density at radius 1 is 1.30 bits per heavy atom. The first-order chi connectivity index (χ1) is 9.17. The lowest BCUT2D eigenvalue weighted by Gasteiger charge is -2.32. The highest BCUT2D eigenvalue weighted by Gasteiger charge is 2.47. The minimum atomic E-state index is -0.482. The van der Waals surface area contributed by atoms with Gasteiger partial charge in [0.05, 0.1) is 18.1 Å². The van der Waals surface area contributed by atoms with Crippen LogP contribution in [0.2, 0.25) is 0 Å². The van der Waals surface area contributed by atoms with Crippen LogP contribution in [0.4, 0.5) is 5.69 Å². The number of halogens is 1. The molecule has 1 aromatic carbocycles. The summed E-state index contributed by atoms with van der Waals surface area (Å²) in [5.74, 6) is -0.322. The van der Waals surface area contributed by atoms with Crippen molar-refractivity contribution in [3.8, 4) is 0 Å². The van der Waals surface area contributed by atoms with Gasteiger partial charge in [0.1, 0.15) is 0 Å². The lowest BCUT2D eigenvalue weighted by molar-refractivity contribution is -0.121. The van der Waals surface area contributed by atoms with Crippen molar-refractivity contribution in [2.75, 3.05) is 25.5 Å². The van der Waals surface area contributed by atoms with E-state index in [4.69, 9.17) is 4.74 Å². The number of fused-ring (bicyclic) bond motifs is 2. The average molecular weight is 297 g/mol. The van der Waals surface area contributed by atoms with Crippen molar-refractivity contribution in [2.45, 2.75) is 18.3 Å². The number of methoxy groups -OCH3 is 1. The van der Waals surface area contributed by atoms with Crippen LogP contribution < -0.4 is 10.6 Å². The summed E-state index contributed by atoms with van der Waals surface area (Å²) in [4.78, 5) is 23.9. The second-order valence-electron chi connectivity index (χ2n) is 5.04. The maximum absolute atomic E-state index is 12.3. The van der Waals surface area contributed by atoms with Crippen LogP contribution in [0.25, 0.3) is 0 Å². The van der Waals surface area contributed by atoms with E-state index in [-0.39, 0.29) is 24.3 Å². The van der Waals surface area contributed by atoms with E-state index in [2.05, 4.69) is 10.6 Å². The van der Waals surface area contributed by atoms with Crippen LogP contribution >= 0.6 is 12.4 Å². The van der Waals surface area contributed by atoms with Crippen molar-refractivity contribution in [2.24, 2.45) is 0 Å². The van der Waals surface area contributed by atoms with E-state index in [1.165, 1.54) is 7.11 Å². The lowest BCUT2D eigenvalue weighted by atomic mass is 9.74. The molecule has 1 spiro atoms. The molecule has 20 heavy (non-hydrogen) atoms. The molecule has 6 heteroatoms. The van der Waals surface area contributed by atoms with Gasteiger partial charge in [-0.1, -0.05) is 0 Å². The van der Waals surface area contributed by atoms with Gasteiger partial charge >= 0.3 is 5.97 Å². The normalized spacial score (nSPS) is 18.9. The molecule has 3 rings (SSSR count). The zero-order chi connectivity index (χ0) is 13.5. The average Bonchev–Trinajstić information content (AvgIpc) is 2.71. The van der Waals surface area contributed by atoms with E-state index in [9.17, 15) is 9.59 Å². The fourth-order valence-corrected chi connectivity index (χ4v) is 3.01. The number of carbonyl (C=O) groups is 2. The van der Waals surface area contributed by atoms with E-state index in [1.54, 1.807) is 18.2 Å². The molecule has 2 N–H and O–H groups in total. The first kappa shape index (κ1) is 14.8. The molecular weight excluding hydrogens is 280 g/mol. The summed E-state index contributed by atoms with van der Waals surface area (Å²) in [5.41, 5.74) is 1.77. The van der Waals surface area contributed by atoms with Gasteiger partial charge in [0, 0.05) is 5.69 Å². The van der Waals surface area contributed by atoms with E-state index >= 15 is 0 Å². The monoisotopic (exact) mass is 296 g/mol. The van der Waals surface area contributed by atoms with Gasteiger partial charge in [-0.2, -0.15) is 0 Å². The fraction of sp³-hybridized carbons (Fsp3) is 0.429. The molecule has 1 amide bonds. The van der Waals surface area contributed by atoms with Crippen LogP contribution in [0.5, 0.6) is 0 Å². The van der Waals surface area contributed by atoms with Crippen LogP contribution in [0, 0.1) is 0 Å². The molecule has 2 aliphatic rings. The van der Waals surface area contributed by atoms with E-state index in [0.717, 1.165) is 37.2 Å². The number of hydrogen-bond donors (Lipinski definition) is 2. The van der Waals surface area contributed by atoms with Gasteiger partial charge in [-0.3, -0.25) is 4.79 Å². The Bertz CT molecular complexity index is 553. The lowest BCUT2D eigenvalue weighted by Crippen LogP contribution is -2.44. The van der Waals surface area contributed by atoms with Gasteiger partial charge in [-0.15, -0.1) is 12.4 Å². The molecule has 1 fully saturated rings. The molecule has 0 saturated carbocycles. The molecule has 0 unspecified atom stereocenters. The highest BCUT2D eigenvalue weighted by molar-refractivity contribution is 6.07. The van der Waals surface area contributed by atoms with Crippen LogP contribution in [-0.2, 0) is 14.9 Å². The van der Waals surface area contributed by atoms with Gasteiger partial charge in [-0.25, -0.2) is 4.79 Å². The molecule has 0 aromatic heterocycles. The van der Waals surface area contributed by atoms with Crippen molar-refractivity contribution < 1.29 is 14.3 Å². The Labute approximate surface area is 123 Å². The molecule has 108 valence electrons. The zero-order valence-corrected chi connectivity index (χ0v) is 12.0. The number of rotatable bonds is 1. The first-order valence-electron chi connectivity index (χ1n) is 6.42. The van der Waals surface area contributed by atoms with Crippen molar-refractivity contribution in [3.63, 3.8) is 0 Å². The van der Waals surface area contributed by atoms with Crippen molar-refractivity contribution in [1.82, 2.24) is 5.32 Å². The summed E-state index contributed by atoms with van der Waals surface area (Å²) in [7, 11) is 1.36. The standard InChI is InChI=1S/C14H16N2O3.ClH/c1-19-12(17)9-2-3-11-10(8-9)14(13(18)16-11)4-6-15-7-5-14;/h2-3,8,15H,4-7H2,1H3,(H,16,18);1H. The third kappa shape index (κ3) is 2.07. The van der Waals surface area contributed by atoms with Crippen molar-refractivity contribution in [3.05, 3.63) is 29.3 Å². The van der Waals surface area contributed by atoms with Gasteiger partial charge in [0.2, 0.25) is 5.91 Å². The van der Waals surface area contributed by atoms with E-state index < -0.39 is 5.41 Å². The number of amides is 1. The summed E-state index contributed by atoms with van der Waals surface area (Å²) in [6.45, 7) is 1.63. The number of nitrogens with one attached hydrogen (secondary N) is 2. The van der Waals surface area contributed by atoms with Crippen LogP contribution in [-0.4, -0.2) is 32.1 Å². The SMILES string of the molecule is COC(=O)c1ccc2c(c1)C1(CCNCC1)C(=O)N2.Cl. The number of hydrogen-bond acceptors (Lipinski definition) is 4. The maximum atomic E-state index is 12.3. The number of anilines is 1. The minimum absolute atomic E-state index is 0. The molecule has 5 nitrogen and oxygen atoms in total. The smallest absolute Gasteiger partial charge is 0.337 e. The summed E-state index contributed by atoms with van der Waals surface area (Å²) >= 11 is 0. The minimum Gasteiger partial charge on any atom is -0.465 e. The Kier molecular flexibility index (Phi) is 4.01. The van der Waals surface area contributed by atoms with Gasteiger partial charge < -0.3 is 15.4 Å². The zero-order valence-electron chi connectivity index (χ0n) is 11.2. The van der Waals surface area contributed by atoms with Crippen molar-refractivity contribution in [1.29, 1.82) is 0 Å². The summed E-state index contributed by atoms with van der Waals surface area (Å²) < 4.78 is 4.74. The second-order valence-corrected chi connectivity index (χ2v) is 5.04. The molecule has 1 aromatic rings. The summed E-state index contributed by atoms with van der Waals surface area (Å²) in [6.07, 6.45) is 1.52. The Balaban J connectivity index is 0.00000147. The fourth-order valence-electron chi connectivity index (χ4n) is 3.01.